The first-order chi connectivity index (χ1) is 12.0. The Morgan fingerprint density at radius 2 is 1.76 bits per heavy atom. The van der Waals surface area contributed by atoms with Crippen LogP contribution in [0, 0.1) is 0 Å². The van der Waals surface area contributed by atoms with Gasteiger partial charge in [-0.1, -0.05) is 11.6 Å². The van der Waals surface area contributed by atoms with E-state index in [0.717, 1.165) is 0 Å². The molecule has 2 aromatic rings. The smallest absolute Gasteiger partial charge is 0.255 e. The number of hydrogen-bond donors (Lipinski definition) is 1. The lowest BCUT2D eigenvalue weighted by molar-refractivity contribution is 0.0827. The molecular formula is C18H17ClN2O4. The number of nitrogens with zero attached hydrogens (tertiary/aromatic N) is 1. The van der Waals surface area contributed by atoms with Crippen LogP contribution in [-0.4, -0.2) is 44.0 Å². The van der Waals surface area contributed by atoms with Gasteiger partial charge in [-0.05, 0) is 36.4 Å². The highest BCUT2D eigenvalue weighted by Crippen LogP contribution is 2.31. The molecule has 3 rings (SSSR count). The number of nitrogens with one attached hydrogen (secondary N) is 1. The van der Waals surface area contributed by atoms with Crippen LogP contribution in [0.5, 0.6) is 11.5 Å². The van der Waals surface area contributed by atoms with Gasteiger partial charge in [0.2, 0.25) is 0 Å². The SMILES string of the molecule is CN(C)C(=O)c1ccc(NC(=O)c2ccc3c(c2)OCCO3)cc1Cl. The molecule has 0 atom stereocenters. The molecule has 2 aromatic carbocycles. The minimum absolute atomic E-state index is 0.199. The predicted octanol–water partition coefficient (Wildman–Crippen LogP) is 3.07. The number of rotatable bonds is 3. The lowest BCUT2D eigenvalue weighted by Crippen LogP contribution is -2.22. The molecule has 2 amide bonds. The lowest BCUT2D eigenvalue weighted by atomic mass is 10.1. The summed E-state index contributed by atoms with van der Waals surface area (Å²) in [6.07, 6.45) is 0. The molecule has 7 heteroatoms. The van der Waals surface area contributed by atoms with Crippen molar-refractivity contribution in [3.63, 3.8) is 0 Å². The molecule has 0 saturated heterocycles. The fourth-order valence-electron chi connectivity index (χ4n) is 2.40. The van der Waals surface area contributed by atoms with Crippen LogP contribution in [0.1, 0.15) is 20.7 Å². The molecule has 0 spiro atoms. The Labute approximate surface area is 150 Å². The molecule has 6 nitrogen and oxygen atoms in total. The van der Waals surface area contributed by atoms with Crippen molar-refractivity contribution in [3.8, 4) is 11.5 Å². The van der Waals surface area contributed by atoms with Gasteiger partial charge >= 0.3 is 0 Å². The standard InChI is InChI=1S/C18H17ClN2O4/c1-21(2)18(23)13-5-4-12(10-14(13)19)20-17(22)11-3-6-15-16(9-11)25-8-7-24-15/h3-6,9-10H,7-8H2,1-2H3,(H,20,22). The Balaban J connectivity index is 1.77. The van der Waals surface area contributed by atoms with E-state index in [0.29, 0.717) is 41.5 Å². The summed E-state index contributed by atoms with van der Waals surface area (Å²) in [4.78, 5) is 25.8. The van der Waals surface area contributed by atoms with Crippen molar-refractivity contribution in [2.75, 3.05) is 32.6 Å². The number of fused-ring (bicyclic) bond motifs is 1. The van der Waals surface area contributed by atoms with Gasteiger partial charge in [-0.25, -0.2) is 0 Å². The summed E-state index contributed by atoms with van der Waals surface area (Å²) in [6, 6.07) is 9.77. The van der Waals surface area contributed by atoms with E-state index in [4.69, 9.17) is 21.1 Å². The van der Waals surface area contributed by atoms with Crippen LogP contribution in [-0.2, 0) is 0 Å². The number of halogens is 1. The van der Waals surface area contributed by atoms with E-state index in [1.807, 2.05) is 0 Å². The van der Waals surface area contributed by atoms with Crippen LogP contribution in [0.2, 0.25) is 5.02 Å². The maximum absolute atomic E-state index is 12.4. The number of amides is 2. The van der Waals surface area contributed by atoms with Crippen molar-refractivity contribution >= 4 is 29.1 Å². The topological polar surface area (TPSA) is 67.9 Å². The van der Waals surface area contributed by atoms with Crippen molar-refractivity contribution in [2.45, 2.75) is 0 Å². The van der Waals surface area contributed by atoms with Crippen LogP contribution in [0.25, 0.3) is 0 Å². The highest BCUT2D eigenvalue weighted by molar-refractivity contribution is 6.34. The first kappa shape index (κ1) is 17.1. The predicted molar refractivity (Wildman–Crippen MR) is 94.9 cm³/mol. The summed E-state index contributed by atoms with van der Waals surface area (Å²) in [5.74, 6) is 0.663. The number of ether oxygens (including phenoxy) is 2. The third-order valence-electron chi connectivity index (χ3n) is 3.67. The molecule has 1 N–H and O–H groups in total. The fourth-order valence-corrected chi connectivity index (χ4v) is 2.66. The molecule has 0 radical (unpaired) electrons. The molecule has 1 aliphatic heterocycles. The van der Waals surface area contributed by atoms with Crippen molar-refractivity contribution in [1.29, 1.82) is 0 Å². The van der Waals surface area contributed by atoms with E-state index in [2.05, 4.69) is 5.32 Å². The van der Waals surface area contributed by atoms with Crippen molar-refractivity contribution in [1.82, 2.24) is 4.90 Å². The number of carbonyl (C=O) groups excluding carboxylic acids is 2. The number of anilines is 1. The van der Waals surface area contributed by atoms with Crippen LogP contribution >= 0.6 is 11.6 Å². The quantitative estimate of drug-likeness (QED) is 0.913. The highest BCUT2D eigenvalue weighted by atomic mass is 35.5. The van der Waals surface area contributed by atoms with E-state index in [1.54, 1.807) is 50.5 Å². The van der Waals surface area contributed by atoms with Gasteiger partial charge in [0.15, 0.2) is 11.5 Å². The number of benzene rings is 2. The van der Waals surface area contributed by atoms with Crippen LogP contribution in [0.3, 0.4) is 0 Å². The van der Waals surface area contributed by atoms with Crippen LogP contribution in [0.4, 0.5) is 5.69 Å². The van der Waals surface area contributed by atoms with Gasteiger partial charge in [0.25, 0.3) is 11.8 Å². The molecule has 0 aromatic heterocycles. The fraction of sp³-hybridized carbons (Fsp3) is 0.222. The van der Waals surface area contributed by atoms with E-state index >= 15 is 0 Å². The molecule has 25 heavy (non-hydrogen) atoms. The highest BCUT2D eigenvalue weighted by Gasteiger charge is 2.16. The zero-order valence-corrected chi connectivity index (χ0v) is 14.6. The van der Waals surface area contributed by atoms with Crippen molar-refractivity contribution < 1.29 is 19.1 Å². The molecule has 0 unspecified atom stereocenters. The maximum atomic E-state index is 12.4. The first-order valence-electron chi connectivity index (χ1n) is 7.68. The van der Waals surface area contributed by atoms with Gasteiger partial charge < -0.3 is 19.7 Å². The van der Waals surface area contributed by atoms with E-state index in [-0.39, 0.29) is 16.8 Å². The molecule has 0 fully saturated rings. The minimum Gasteiger partial charge on any atom is -0.486 e. The molecule has 130 valence electrons. The van der Waals surface area contributed by atoms with Crippen molar-refractivity contribution in [2.24, 2.45) is 0 Å². The van der Waals surface area contributed by atoms with Gasteiger partial charge in [0, 0.05) is 25.3 Å². The van der Waals surface area contributed by atoms with Gasteiger partial charge in [0.05, 0.1) is 10.6 Å². The normalized spacial score (nSPS) is 12.4. The van der Waals surface area contributed by atoms with Crippen LogP contribution in [0.15, 0.2) is 36.4 Å². The summed E-state index contributed by atoms with van der Waals surface area (Å²) >= 11 is 6.16. The van der Waals surface area contributed by atoms with Gasteiger partial charge in [-0.3, -0.25) is 9.59 Å². The number of carbonyl (C=O) groups is 2. The second-order valence-corrected chi connectivity index (χ2v) is 6.11. The summed E-state index contributed by atoms with van der Waals surface area (Å²) in [6.45, 7) is 0.949. The van der Waals surface area contributed by atoms with E-state index in [1.165, 1.54) is 4.90 Å². The van der Waals surface area contributed by atoms with Crippen molar-refractivity contribution in [3.05, 3.63) is 52.5 Å². The average molecular weight is 361 g/mol. The zero-order chi connectivity index (χ0) is 18.0. The van der Waals surface area contributed by atoms with Crippen LogP contribution < -0.4 is 14.8 Å². The molecule has 0 saturated carbocycles. The van der Waals surface area contributed by atoms with E-state index < -0.39 is 0 Å². The van der Waals surface area contributed by atoms with Gasteiger partial charge in [0.1, 0.15) is 13.2 Å². The Bertz CT molecular complexity index is 836. The Morgan fingerprint density at radius 1 is 1.04 bits per heavy atom. The second-order valence-electron chi connectivity index (χ2n) is 5.71. The third kappa shape index (κ3) is 3.69. The minimum atomic E-state index is -0.306. The summed E-state index contributed by atoms with van der Waals surface area (Å²) in [7, 11) is 3.30. The largest absolute Gasteiger partial charge is 0.486 e. The zero-order valence-electron chi connectivity index (χ0n) is 13.8. The van der Waals surface area contributed by atoms with Gasteiger partial charge in [-0.2, -0.15) is 0 Å². The lowest BCUT2D eigenvalue weighted by Gasteiger charge is -2.18. The van der Waals surface area contributed by atoms with Gasteiger partial charge in [-0.15, -0.1) is 0 Å². The summed E-state index contributed by atoms with van der Waals surface area (Å²) in [5.41, 5.74) is 1.32. The Morgan fingerprint density at radius 3 is 2.44 bits per heavy atom. The Kier molecular flexibility index (Phi) is 4.81. The molecule has 0 aliphatic carbocycles. The average Bonchev–Trinajstić information content (AvgIpc) is 2.60. The summed E-state index contributed by atoms with van der Waals surface area (Å²) < 4.78 is 10.9. The number of hydrogen-bond acceptors (Lipinski definition) is 4. The molecule has 1 heterocycles. The molecule has 1 aliphatic rings. The first-order valence-corrected chi connectivity index (χ1v) is 8.05. The third-order valence-corrected chi connectivity index (χ3v) is 3.98. The maximum Gasteiger partial charge on any atom is 0.255 e. The Hall–Kier alpha value is -2.73. The molecular weight excluding hydrogens is 344 g/mol. The van der Waals surface area contributed by atoms with E-state index in [9.17, 15) is 9.59 Å². The monoisotopic (exact) mass is 360 g/mol. The summed E-state index contributed by atoms with van der Waals surface area (Å²) in [5, 5.41) is 3.03. The molecule has 0 bridgehead atoms. The second kappa shape index (κ2) is 7.03.